The number of amides is 1. The van der Waals surface area contributed by atoms with Crippen molar-refractivity contribution in [3.63, 3.8) is 0 Å². The molecule has 3 rings (SSSR count). The Hall–Kier alpha value is -2.19. The highest BCUT2D eigenvalue weighted by atomic mass is 16.5. The van der Waals surface area contributed by atoms with Gasteiger partial charge in [0.15, 0.2) is 5.69 Å². The summed E-state index contributed by atoms with van der Waals surface area (Å²) < 4.78 is 6.66. The van der Waals surface area contributed by atoms with Crippen LogP contribution in [-0.4, -0.2) is 37.2 Å². The van der Waals surface area contributed by atoms with Crippen LogP contribution < -0.4 is 5.32 Å². The van der Waals surface area contributed by atoms with Crippen molar-refractivity contribution in [3.8, 4) is 0 Å². The lowest BCUT2D eigenvalue weighted by Gasteiger charge is -2.37. The van der Waals surface area contributed by atoms with Crippen LogP contribution >= 0.6 is 0 Å². The molecule has 8 heteroatoms. The minimum atomic E-state index is -0.402. The summed E-state index contributed by atoms with van der Waals surface area (Å²) in [4.78, 5) is 12.5. The van der Waals surface area contributed by atoms with Crippen molar-refractivity contribution in [1.82, 2.24) is 20.3 Å². The largest absolute Gasteiger partial charge is 0.393 e. The number of aliphatic hydroxyl groups excluding tert-OH is 2. The molecule has 0 saturated heterocycles. The van der Waals surface area contributed by atoms with Gasteiger partial charge in [-0.15, -0.1) is 0 Å². The summed E-state index contributed by atoms with van der Waals surface area (Å²) in [6, 6.07) is -0.261. The second-order valence-electron chi connectivity index (χ2n) is 6.01. The maximum absolute atomic E-state index is 12.5. The van der Waals surface area contributed by atoms with Crippen molar-refractivity contribution in [2.75, 3.05) is 0 Å². The van der Waals surface area contributed by atoms with Crippen LogP contribution in [0.15, 0.2) is 16.9 Å². The molecule has 2 heterocycles. The first-order valence-electron chi connectivity index (χ1n) is 7.53. The molecule has 1 saturated carbocycles. The van der Waals surface area contributed by atoms with E-state index in [0.29, 0.717) is 24.2 Å². The number of nitrogens with one attached hydrogen (secondary N) is 1. The average Bonchev–Trinajstić information content (AvgIpc) is 3.07. The standard InChI is InChI=1S/C15H20N4O4/c1-8-12(7-20)14(18-23-8)15(22)17-13(9-3-11(21)4-9)10-5-16-19(2)6-10/h5-6,9,11,13,20-21H,3-4,7H2,1-2H3,(H,17,22). The average molecular weight is 320 g/mol. The third-order valence-electron chi connectivity index (χ3n) is 4.35. The van der Waals surface area contributed by atoms with Gasteiger partial charge in [-0.3, -0.25) is 9.48 Å². The van der Waals surface area contributed by atoms with Crippen molar-refractivity contribution in [2.24, 2.45) is 13.0 Å². The zero-order valence-electron chi connectivity index (χ0n) is 13.1. The van der Waals surface area contributed by atoms with Crippen LogP contribution in [0.4, 0.5) is 0 Å². The van der Waals surface area contributed by atoms with Gasteiger partial charge in [-0.1, -0.05) is 5.16 Å². The summed E-state index contributed by atoms with van der Waals surface area (Å²) in [7, 11) is 1.81. The van der Waals surface area contributed by atoms with Gasteiger partial charge < -0.3 is 20.1 Å². The summed E-state index contributed by atoms with van der Waals surface area (Å²) in [5.41, 5.74) is 1.36. The Morgan fingerprint density at radius 1 is 1.57 bits per heavy atom. The Bertz CT molecular complexity index is 702. The molecule has 124 valence electrons. The van der Waals surface area contributed by atoms with Gasteiger partial charge in [-0.25, -0.2) is 0 Å². The first-order valence-corrected chi connectivity index (χ1v) is 7.53. The van der Waals surface area contributed by atoms with Crippen molar-refractivity contribution < 1.29 is 19.5 Å². The Labute approximate surface area is 133 Å². The van der Waals surface area contributed by atoms with E-state index in [4.69, 9.17) is 4.52 Å². The van der Waals surface area contributed by atoms with Gasteiger partial charge in [-0.2, -0.15) is 5.10 Å². The number of hydrogen-bond donors (Lipinski definition) is 3. The molecule has 1 fully saturated rings. The number of hydrogen-bond acceptors (Lipinski definition) is 6. The quantitative estimate of drug-likeness (QED) is 0.737. The van der Waals surface area contributed by atoms with Crippen molar-refractivity contribution in [2.45, 2.75) is 38.5 Å². The lowest BCUT2D eigenvalue weighted by Crippen LogP contribution is -2.41. The van der Waals surface area contributed by atoms with E-state index in [2.05, 4.69) is 15.6 Å². The van der Waals surface area contributed by atoms with E-state index in [0.717, 1.165) is 5.56 Å². The predicted molar refractivity (Wildman–Crippen MR) is 79.3 cm³/mol. The molecular weight excluding hydrogens is 300 g/mol. The maximum atomic E-state index is 12.5. The van der Waals surface area contributed by atoms with Gasteiger partial charge in [0.2, 0.25) is 0 Å². The van der Waals surface area contributed by atoms with Crippen LogP contribution in [0.3, 0.4) is 0 Å². The van der Waals surface area contributed by atoms with E-state index in [1.165, 1.54) is 0 Å². The van der Waals surface area contributed by atoms with E-state index >= 15 is 0 Å². The van der Waals surface area contributed by atoms with Gasteiger partial charge in [0.25, 0.3) is 5.91 Å². The third-order valence-corrected chi connectivity index (χ3v) is 4.35. The Morgan fingerprint density at radius 2 is 2.30 bits per heavy atom. The fourth-order valence-electron chi connectivity index (χ4n) is 2.94. The summed E-state index contributed by atoms with van der Waals surface area (Å²) in [6.45, 7) is 1.34. The second-order valence-corrected chi connectivity index (χ2v) is 6.01. The van der Waals surface area contributed by atoms with Crippen LogP contribution in [-0.2, 0) is 13.7 Å². The highest BCUT2D eigenvalue weighted by Crippen LogP contribution is 2.38. The van der Waals surface area contributed by atoms with Crippen LogP contribution in [0.5, 0.6) is 0 Å². The van der Waals surface area contributed by atoms with E-state index < -0.39 is 5.91 Å². The van der Waals surface area contributed by atoms with Gasteiger partial charge in [0.1, 0.15) is 5.76 Å². The minimum Gasteiger partial charge on any atom is -0.393 e. The third kappa shape index (κ3) is 2.99. The topological polar surface area (TPSA) is 113 Å². The van der Waals surface area contributed by atoms with E-state index in [1.807, 2.05) is 13.2 Å². The zero-order valence-corrected chi connectivity index (χ0v) is 13.1. The lowest BCUT2D eigenvalue weighted by atomic mass is 9.75. The summed E-state index contributed by atoms with van der Waals surface area (Å²) >= 11 is 0. The number of aliphatic hydroxyl groups is 2. The van der Waals surface area contributed by atoms with Crippen LogP contribution in [0.1, 0.15) is 46.3 Å². The van der Waals surface area contributed by atoms with E-state index in [-0.39, 0.29) is 30.4 Å². The van der Waals surface area contributed by atoms with Crippen molar-refractivity contribution in [1.29, 1.82) is 0 Å². The molecule has 0 aromatic carbocycles. The van der Waals surface area contributed by atoms with Gasteiger partial charge in [-0.05, 0) is 25.7 Å². The number of carbonyl (C=O) groups is 1. The summed E-state index contributed by atoms with van der Waals surface area (Å²) in [5, 5.41) is 29.7. The number of aryl methyl sites for hydroxylation is 2. The van der Waals surface area contributed by atoms with Crippen molar-refractivity contribution in [3.05, 3.63) is 35.0 Å². The number of aromatic nitrogens is 3. The SMILES string of the molecule is Cc1onc(C(=O)NC(c2cnn(C)c2)C2CC(O)C2)c1CO. The normalized spacial score (nSPS) is 21.7. The highest BCUT2D eigenvalue weighted by molar-refractivity contribution is 5.94. The molecule has 1 unspecified atom stereocenters. The lowest BCUT2D eigenvalue weighted by molar-refractivity contribution is 0.0234. The first-order chi connectivity index (χ1) is 11.0. The molecule has 0 radical (unpaired) electrons. The van der Waals surface area contributed by atoms with Gasteiger partial charge >= 0.3 is 0 Å². The van der Waals surface area contributed by atoms with Crippen LogP contribution in [0.25, 0.3) is 0 Å². The Balaban J connectivity index is 1.82. The molecule has 1 amide bonds. The number of carbonyl (C=O) groups excluding carboxylic acids is 1. The smallest absolute Gasteiger partial charge is 0.274 e. The molecular formula is C15H20N4O4. The molecule has 2 aromatic heterocycles. The Kier molecular flexibility index (Phi) is 4.18. The maximum Gasteiger partial charge on any atom is 0.274 e. The molecule has 8 nitrogen and oxygen atoms in total. The zero-order chi connectivity index (χ0) is 16.6. The fraction of sp³-hybridized carbons (Fsp3) is 0.533. The Morgan fingerprint density at radius 3 is 2.87 bits per heavy atom. The molecule has 3 N–H and O–H groups in total. The second kappa shape index (κ2) is 6.13. The fourth-order valence-corrected chi connectivity index (χ4v) is 2.94. The van der Waals surface area contributed by atoms with E-state index in [9.17, 15) is 15.0 Å². The molecule has 1 atom stereocenters. The molecule has 0 spiro atoms. The molecule has 23 heavy (non-hydrogen) atoms. The molecule has 1 aliphatic rings. The molecule has 2 aromatic rings. The van der Waals surface area contributed by atoms with Gasteiger partial charge in [0.05, 0.1) is 30.5 Å². The molecule has 0 bridgehead atoms. The van der Waals surface area contributed by atoms with Crippen molar-refractivity contribution >= 4 is 5.91 Å². The molecule has 0 aliphatic heterocycles. The highest BCUT2D eigenvalue weighted by Gasteiger charge is 2.37. The van der Waals surface area contributed by atoms with E-state index in [1.54, 1.807) is 17.8 Å². The number of nitrogens with zero attached hydrogens (tertiary/aromatic N) is 3. The van der Waals surface area contributed by atoms with Gasteiger partial charge in [0, 0.05) is 18.8 Å². The molecule has 1 aliphatic carbocycles. The monoisotopic (exact) mass is 320 g/mol. The summed E-state index contributed by atoms with van der Waals surface area (Å²) in [6.07, 6.45) is 4.49. The number of rotatable bonds is 5. The van der Waals surface area contributed by atoms with Crippen LogP contribution in [0.2, 0.25) is 0 Å². The predicted octanol–water partition coefficient (Wildman–Crippen LogP) is 0.451. The first kappa shape index (κ1) is 15.7. The van der Waals surface area contributed by atoms with Crippen LogP contribution in [0, 0.1) is 12.8 Å². The minimum absolute atomic E-state index is 0.0961. The summed E-state index contributed by atoms with van der Waals surface area (Å²) in [5.74, 6) is 0.166.